The second-order valence-electron chi connectivity index (χ2n) is 8.60. The summed E-state index contributed by atoms with van der Waals surface area (Å²) in [6.07, 6.45) is 3.82. The molecule has 2 aliphatic heterocycles. The topological polar surface area (TPSA) is 141 Å². The smallest absolute Gasteiger partial charge is 0.329 e. The molecule has 1 saturated heterocycles. The zero-order valence-electron chi connectivity index (χ0n) is 19.4. The molecule has 0 saturated carbocycles. The molecule has 2 atom stereocenters. The van der Waals surface area contributed by atoms with Crippen molar-refractivity contribution in [3.05, 3.63) is 52.7 Å². The SMILES string of the molecule is O=C(CCc1nccs1)c1ccc2c(n1)N(C(=O)Nc1cc(OC[C@H](O)CO)ccn1)[C@H]1CCN2C1. The molecular weight excluding hydrogens is 484 g/mol. The van der Waals surface area contributed by atoms with Gasteiger partial charge in [-0.2, -0.15) is 0 Å². The molecule has 0 aromatic carbocycles. The average molecular weight is 511 g/mol. The number of hydrogen-bond acceptors (Lipinski definition) is 10. The molecule has 0 spiro atoms. The van der Waals surface area contributed by atoms with E-state index in [1.165, 1.54) is 17.5 Å². The normalized spacial score (nSPS) is 17.0. The van der Waals surface area contributed by atoms with Crippen LogP contribution in [0, 0.1) is 0 Å². The molecule has 11 nitrogen and oxygen atoms in total. The van der Waals surface area contributed by atoms with Crippen molar-refractivity contribution in [2.75, 3.05) is 41.4 Å². The number of ether oxygens (including phenoxy) is 1. The Morgan fingerprint density at radius 3 is 2.94 bits per heavy atom. The van der Waals surface area contributed by atoms with E-state index in [1.807, 2.05) is 11.4 Å². The molecule has 5 rings (SSSR count). The van der Waals surface area contributed by atoms with Crippen LogP contribution in [0.2, 0.25) is 0 Å². The van der Waals surface area contributed by atoms with Crippen LogP contribution in [0.4, 0.5) is 22.1 Å². The summed E-state index contributed by atoms with van der Waals surface area (Å²) in [6, 6.07) is 6.24. The fraction of sp³-hybridized carbons (Fsp3) is 0.375. The molecule has 5 heterocycles. The molecule has 3 N–H and O–H groups in total. The molecular formula is C24H26N6O5S. The number of fused-ring (bicyclic) bond motifs is 4. The second kappa shape index (κ2) is 10.6. The largest absolute Gasteiger partial charge is 0.491 e. The van der Waals surface area contributed by atoms with Crippen molar-refractivity contribution in [2.24, 2.45) is 0 Å². The van der Waals surface area contributed by atoms with Crippen LogP contribution < -0.4 is 19.9 Å². The Kier molecular flexibility index (Phi) is 7.07. The highest BCUT2D eigenvalue weighted by Crippen LogP contribution is 2.39. The van der Waals surface area contributed by atoms with Crippen LogP contribution in [-0.4, -0.2) is 75.4 Å². The molecule has 12 heteroatoms. The molecule has 2 bridgehead atoms. The maximum Gasteiger partial charge on any atom is 0.329 e. The molecule has 1 fully saturated rings. The van der Waals surface area contributed by atoms with Crippen LogP contribution in [-0.2, 0) is 6.42 Å². The van der Waals surface area contributed by atoms with Crippen LogP contribution in [0.5, 0.6) is 5.75 Å². The number of aromatic nitrogens is 3. The number of anilines is 3. The van der Waals surface area contributed by atoms with Crippen molar-refractivity contribution in [1.82, 2.24) is 15.0 Å². The van der Waals surface area contributed by atoms with Crippen molar-refractivity contribution in [3.63, 3.8) is 0 Å². The van der Waals surface area contributed by atoms with Crippen molar-refractivity contribution in [3.8, 4) is 5.75 Å². The lowest BCUT2D eigenvalue weighted by molar-refractivity contribution is 0.0536. The lowest BCUT2D eigenvalue weighted by atomic mass is 10.1. The number of nitrogens with one attached hydrogen (secondary N) is 1. The Hall–Kier alpha value is -3.61. The number of aliphatic hydroxyl groups excluding tert-OH is 2. The maximum atomic E-state index is 13.4. The third kappa shape index (κ3) is 5.15. The zero-order valence-corrected chi connectivity index (χ0v) is 20.2. The van der Waals surface area contributed by atoms with Gasteiger partial charge in [-0.3, -0.25) is 15.0 Å². The third-order valence-corrected chi connectivity index (χ3v) is 6.96. The number of carbonyl (C=O) groups excluding carboxylic acids is 2. The Bertz CT molecular complexity index is 1240. The van der Waals surface area contributed by atoms with E-state index < -0.39 is 18.7 Å². The Labute approximate surface area is 211 Å². The summed E-state index contributed by atoms with van der Waals surface area (Å²) in [6.45, 7) is 0.989. The van der Waals surface area contributed by atoms with Gasteiger partial charge in [0.1, 0.15) is 30.0 Å². The van der Waals surface area contributed by atoms with E-state index >= 15 is 0 Å². The van der Waals surface area contributed by atoms with E-state index in [9.17, 15) is 14.7 Å². The van der Waals surface area contributed by atoms with Gasteiger partial charge in [0.2, 0.25) is 0 Å². The Morgan fingerprint density at radius 1 is 1.25 bits per heavy atom. The van der Waals surface area contributed by atoms with Gasteiger partial charge in [-0.1, -0.05) is 0 Å². The number of amides is 2. The van der Waals surface area contributed by atoms with Gasteiger partial charge < -0.3 is 19.8 Å². The molecule has 2 amide bonds. The van der Waals surface area contributed by atoms with Crippen LogP contribution >= 0.6 is 11.3 Å². The highest BCUT2D eigenvalue weighted by molar-refractivity contribution is 7.09. The van der Waals surface area contributed by atoms with Crippen molar-refractivity contribution < 1.29 is 24.5 Å². The molecule has 3 aromatic rings. The second-order valence-corrected chi connectivity index (χ2v) is 9.58. The van der Waals surface area contributed by atoms with Gasteiger partial charge in [0.05, 0.1) is 23.3 Å². The number of aryl methyl sites for hydroxylation is 1. The summed E-state index contributed by atoms with van der Waals surface area (Å²) in [5, 5.41) is 24.0. The van der Waals surface area contributed by atoms with E-state index in [0.717, 1.165) is 23.7 Å². The fourth-order valence-corrected chi connectivity index (χ4v) is 4.96. The van der Waals surface area contributed by atoms with Gasteiger partial charge in [-0.15, -0.1) is 11.3 Å². The van der Waals surface area contributed by atoms with Crippen molar-refractivity contribution in [1.29, 1.82) is 0 Å². The Morgan fingerprint density at radius 2 is 2.14 bits per heavy atom. The van der Waals surface area contributed by atoms with Crippen LogP contribution in [0.25, 0.3) is 0 Å². The summed E-state index contributed by atoms with van der Waals surface area (Å²) >= 11 is 1.51. The van der Waals surface area contributed by atoms with Gasteiger partial charge >= 0.3 is 6.03 Å². The number of aliphatic hydroxyl groups is 2. The van der Waals surface area contributed by atoms with Crippen LogP contribution in [0.1, 0.15) is 28.3 Å². The highest BCUT2D eigenvalue weighted by atomic mass is 32.1. The Balaban J connectivity index is 1.34. The first kappa shape index (κ1) is 24.1. The molecule has 0 unspecified atom stereocenters. The molecule has 3 aromatic heterocycles. The van der Waals surface area contributed by atoms with Gasteiger partial charge in [-0.05, 0) is 24.6 Å². The maximum absolute atomic E-state index is 13.4. The number of ketones is 1. The number of hydrogen-bond donors (Lipinski definition) is 3. The minimum Gasteiger partial charge on any atom is -0.491 e. The van der Waals surface area contributed by atoms with Gasteiger partial charge in [-0.25, -0.2) is 19.7 Å². The lowest BCUT2D eigenvalue weighted by Gasteiger charge is -2.35. The first-order valence-electron chi connectivity index (χ1n) is 11.7. The molecule has 188 valence electrons. The lowest BCUT2D eigenvalue weighted by Crippen LogP contribution is -2.48. The molecule has 2 aliphatic rings. The standard InChI is InChI=1S/C24H26N6O5S/c31-13-16(32)14-35-17-5-7-25-21(11-17)28-24(34)30-15-6-9-29(12-15)19-2-1-18(27-23(19)30)20(33)3-4-22-26-8-10-36-22/h1-2,5,7-8,10-11,15-16,31-32H,3-4,6,9,12-14H2,(H,25,28,34)/t15-,16+/m0/s1. The summed E-state index contributed by atoms with van der Waals surface area (Å²) in [5.41, 5.74) is 1.14. The van der Waals surface area contributed by atoms with E-state index in [1.54, 1.807) is 29.3 Å². The minimum absolute atomic E-state index is 0.0789. The van der Waals surface area contributed by atoms with Gasteiger partial charge in [0.25, 0.3) is 0 Å². The zero-order chi connectivity index (χ0) is 25.1. The number of nitrogens with zero attached hydrogens (tertiary/aromatic N) is 5. The number of urea groups is 1. The van der Waals surface area contributed by atoms with Crippen LogP contribution in [0.3, 0.4) is 0 Å². The fourth-order valence-electron chi connectivity index (χ4n) is 4.34. The predicted molar refractivity (Wildman–Crippen MR) is 134 cm³/mol. The number of thiazole rings is 1. The average Bonchev–Trinajstić information content (AvgIpc) is 3.57. The molecule has 0 radical (unpaired) electrons. The van der Waals surface area contributed by atoms with E-state index in [-0.39, 0.29) is 24.2 Å². The van der Waals surface area contributed by atoms with Gasteiger partial charge in [0, 0.05) is 49.8 Å². The van der Waals surface area contributed by atoms with E-state index in [4.69, 9.17) is 9.84 Å². The number of pyridine rings is 2. The van der Waals surface area contributed by atoms with Crippen LogP contribution in [0.15, 0.2) is 42.0 Å². The highest BCUT2D eigenvalue weighted by Gasteiger charge is 2.40. The minimum atomic E-state index is -1.00. The third-order valence-electron chi connectivity index (χ3n) is 6.13. The molecule has 36 heavy (non-hydrogen) atoms. The summed E-state index contributed by atoms with van der Waals surface area (Å²) in [5.74, 6) is 1.02. The number of carbonyl (C=O) groups is 2. The van der Waals surface area contributed by atoms with E-state index in [2.05, 4.69) is 25.2 Å². The summed E-state index contributed by atoms with van der Waals surface area (Å²) in [7, 11) is 0. The number of rotatable bonds is 9. The summed E-state index contributed by atoms with van der Waals surface area (Å²) in [4.78, 5) is 43.1. The van der Waals surface area contributed by atoms with Crippen molar-refractivity contribution >= 4 is 40.5 Å². The monoisotopic (exact) mass is 510 g/mol. The quantitative estimate of drug-likeness (QED) is 0.369. The first-order valence-corrected chi connectivity index (χ1v) is 12.6. The predicted octanol–water partition coefficient (Wildman–Crippen LogP) is 2.11. The number of Topliss-reactive ketones (excluding diaryl/α,β-unsaturated/α-hetero) is 1. The first-order chi connectivity index (χ1) is 17.5. The molecule has 0 aliphatic carbocycles. The van der Waals surface area contributed by atoms with Crippen molar-refractivity contribution in [2.45, 2.75) is 31.4 Å². The van der Waals surface area contributed by atoms with Gasteiger partial charge in [0.15, 0.2) is 11.6 Å². The van der Waals surface area contributed by atoms with E-state index in [0.29, 0.717) is 36.6 Å². The summed E-state index contributed by atoms with van der Waals surface area (Å²) < 4.78 is 5.45.